The van der Waals surface area contributed by atoms with Gasteiger partial charge in [0.2, 0.25) is 0 Å². The summed E-state index contributed by atoms with van der Waals surface area (Å²) in [5.74, 6) is -1.51. The maximum absolute atomic E-state index is 11.7. The van der Waals surface area contributed by atoms with Crippen LogP contribution in [0, 0.1) is 0 Å². The molecule has 1 aromatic carbocycles. The number of benzene rings is 1. The Bertz CT molecular complexity index is 617. The van der Waals surface area contributed by atoms with Crippen molar-refractivity contribution in [3.63, 3.8) is 0 Å². The van der Waals surface area contributed by atoms with Gasteiger partial charge in [-0.1, -0.05) is 29.8 Å². The van der Waals surface area contributed by atoms with Gasteiger partial charge in [-0.15, -0.1) is 0 Å². The van der Waals surface area contributed by atoms with Crippen LogP contribution in [0.25, 0.3) is 0 Å². The second kappa shape index (κ2) is 6.68. The minimum atomic E-state index is -0.769. The fourth-order valence-electron chi connectivity index (χ4n) is 1.50. The smallest absolute Gasteiger partial charge is 0.313 e. The number of halogens is 1. The summed E-state index contributed by atoms with van der Waals surface area (Å²) in [5, 5.41) is 5.30. The molecular formula is C14H12ClN3O2. The molecule has 0 radical (unpaired) electrons. The molecule has 20 heavy (non-hydrogen) atoms. The SMILES string of the molecule is O=C(NCc1ccccn1)C(=O)Nc1ccccc1Cl. The molecular weight excluding hydrogens is 278 g/mol. The number of carbonyl (C=O) groups is 2. The first kappa shape index (κ1) is 14.0. The lowest BCUT2D eigenvalue weighted by Gasteiger charge is -2.07. The lowest BCUT2D eigenvalue weighted by molar-refractivity contribution is -0.136. The van der Waals surface area contributed by atoms with E-state index >= 15 is 0 Å². The first-order chi connectivity index (χ1) is 9.66. The molecule has 102 valence electrons. The van der Waals surface area contributed by atoms with Crippen molar-refractivity contribution in [2.45, 2.75) is 6.54 Å². The molecule has 0 unspecified atom stereocenters. The Morgan fingerprint density at radius 2 is 1.80 bits per heavy atom. The Balaban J connectivity index is 1.90. The number of nitrogens with one attached hydrogen (secondary N) is 2. The van der Waals surface area contributed by atoms with Crippen molar-refractivity contribution in [2.75, 3.05) is 5.32 Å². The zero-order chi connectivity index (χ0) is 14.4. The van der Waals surface area contributed by atoms with Crippen LogP contribution in [0.15, 0.2) is 48.7 Å². The predicted octanol–water partition coefficient (Wildman–Crippen LogP) is 1.99. The lowest BCUT2D eigenvalue weighted by Crippen LogP contribution is -2.35. The maximum atomic E-state index is 11.7. The summed E-state index contributed by atoms with van der Waals surface area (Å²) in [6.07, 6.45) is 1.62. The molecule has 5 nitrogen and oxygen atoms in total. The number of hydrogen-bond acceptors (Lipinski definition) is 3. The normalized spacial score (nSPS) is 9.85. The summed E-state index contributed by atoms with van der Waals surface area (Å²) in [6.45, 7) is 0.190. The van der Waals surface area contributed by atoms with E-state index in [0.717, 1.165) is 0 Å². The molecule has 2 aromatic rings. The summed E-state index contributed by atoms with van der Waals surface area (Å²) in [6, 6.07) is 12.0. The average molecular weight is 290 g/mol. The number of carbonyl (C=O) groups excluding carboxylic acids is 2. The second-order valence-electron chi connectivity index (χ2n) is 3.94. The van der Waals surface area contributed by atoms with E-state index < -0.39 is 11.8 Å². The van der Waals surface area contributed by atoms with E-state index in [1.54, 1.807) is 48.7 Å². The monoisotopic (exact) mass is 289 g/mol. The molecule has 2 rings (SSSR count). The van der Waals surface area contributed by atoms with Crippen LogP contribution in [0.5, 0.6) is 0 Å². The topological polar surface area (TPSA) is 71.1 Å². The van der Waals surface area contributed by atoms with E-state index in [4.69, 9.17) is 11.6 Å². The summed E-state index contributed by atoms with van der Waals surface area (Å²) in [7, 11) is 0. The zero-order valence-electron chi connectivity index (χ0n) is 10.5. The third-order valence-electron chi connectivity index (χ3n) is 2.48. The zero-order valence-corrected chi connectivity index (χ0v) is 11.2. The van der Waals surface area contributed by atoms with Gasteiger partial charge in [0.05, 0.1) is 22.9 Å². The Morgan fingerprint density at radius 3 is 2.50 bits per heavy atom. The van der Waals surface area contributed by atoms with Gasteiger partial charge < -0.3 is 10.6 Å². The molecule has 0 spiro atoms. The fraction of sp³-hybridized carbons (Fsp3) is 0.0714. The molecule has 0 aliphatic rings. The van der Waals surface area contributed by atoms with Crippen LogP contribution in [0.1, 0.15) is 5.69 Å². The van der Waals surface area contributed by atoms with Crippen molar-refractivity contribution in [2.24, 2.45) is 0 Å². The molecule has 1 heterocycles. The van der Waals surface area contributed by atoms with Gasteiger partial charge in [-0.3, -0.25) is 14.6 Å². The van der Waals surface area contributed by atoms with Crippen LogP contribution in [-0.2, 0) is 16.1 Å². The average Bonchev–Trinajstić information content (AvgIpc) is 2.48. The highest BCUT2D eigenvalue weighted by Gasteiger charge is 2.14. The Morgan fingerprint density at radius 1 is 1.05 bits per heavy atom. The van der Waals surface area contributed by atoms with Crippen LogP contribution in [0.3, 0.4) is 0 Å². The highest BCUT2D eigenvalue weighted by Crippen LogP contribution is 2.20. The molecule has 2 N–H and O–H groups in total. The highest BCUT2D eigenvalue weighted by molar-refractivity contribution is 6.41. The summed E-state index contributed by atoms with van der Waals surface area (Å²) in [5.41, 5.74) is 1.07. The van der Waals surface area contributed by atoms with Crippen molar-refractivity contribution in [1.29, 1.82) is 0 Å². The first-order valence-corrected chi connectivity index (χ1v) is 6.28. The van der Waals surface area contributed by atoms with Gasteiger partial charge in [-0.05, 0) is 24.3 Å². The molecule has 2 amide bonds. The molecule has 6 heteroatoms. The van der Waals surface area contributed by atoms with E-state index in [-0.39, 0.29) is 6.54 Å². The van der Waals surface area contributed by atoms with E-state index in [1.165, 1.54) is 0 Å². The molecule has 0 bridgehead atoms. The first-order valence-electron chi connectivity index (χ1n) is 5.90. The van der Waals surface area contributed by atoms with Gasteiger partial charge in [-0.25, -0.2) is 0 Å². The second-order valence-corrected chi connectivity index (χ2v) is 4.34. The molecule has 0 atom stereocenters. The summed E-state index contributed by atoms with van der Waals surface area (Å²) < 4.78 is 0. The van der Waals surface area contributed by atoms with Crippen LogP contribution >= 0.6 is 11.6 Å². The van der Waals surface area contributed by atoms with E-state index in [1.807, 2.05) is 0 Å². The van der Waals surface area contributed by atoms with Crippen molar-refractivity contribution in [3.05, 3.63) is 59.4 Å². The minimum absolute atomic E-state index is 0.190. The largest absolute Gasteiger partial charge is 0.342 e. The van der Waals surface area contributed by atoms with Gasteiger partial charge >= 0.3 is 11.8 Å². The fourth-order valence-corrected chi connectivity index (χ4v) is 1.68. The van der Waals surface area contributed by atoms with Crippen LogP contribution in [0.4, 0.5) is 5.69 Å². The lowest BCUT2D eigenvalue weighted by atomic mass is 10.3. The van der Waals surface area contributed by atoms with Crippen molar-refractivity contribution in [1.82, 2.24) is 10.3 Å². The maximum Gasteiger partial charge on any atom is 0.313 e. The van der Waals surface area contributed by atoms with Crippen LogP contribution in [-0.4, -0.2) is 16.8 Å². The number of amides is 2. The van der Waals surface area contributed by atoms with E-state index in [0.29, 0.717) is 16.4 Å². The standard InChI is InChI=1S/C14H12ClN3O2/c15-11-6-1-2-7-12(11)18-14(20)13(19)17-9-10-5-3-4-8-16-10/h1-8H,9H2,(H,17,19)(H,18,20). The molecule has 0 saturated carbocycles. The highest BCUT2D eigenvalue weighted by atomic mass is 35.5. The summed E-state index contributed by atoms with van der Waals surface area (Å²) >= 11 is 5.89. The van der Waals surface area contributed by atoms with E-state index in [2.05, 4.69) is 15.6 Å². The van der Waals surface area contributed by atoms with Crippen molar-refractivity contribution >= 4 is 29.1 Å². The van der Waals surface area contributed by atoms with Gasteiger partial charge in [-0.2, -0.15) is 0 Å². The molecule has 0 fully saturated rings. The number of aromatic nitrogens is 1. The molecule has 0 aliphatic heterocycles. The minimum Gasteiger partial charge on any atom is -0.342 e. The number of pyridine rings is 1. The number of hydrogen-bond donors (Lipinski definition) is 2. The van der Waals surface area contributed by atoms with Gasteiger partial charge in [0, 0.05) is 6.20 Å². The quantitative estimate of drug-likeness (QED) is 0.849. The van der Waals surface area contributed by atoms with Crippen molar-refractivity contribution in [3.8, 4) is 0 Å². The number of anilines is 1. The van der Waals surface area contributed by atoms with Gasteiger partial charge in [0.25, 0.3) is 0 Å². The molecule has 0 aliphatic carbocycles. The van der Waals surface area contributed by atoms with Gasteiger partial charge in [0.15, 0.2) is 0 Å². The Kier molecular flexibility index (Phi) is 4.68. The number of rotatable bonds is 3. The molecule has 1 aromatic heterocycles. The predicted molar refractivity (Wildman–Crippen MR) is 76.2 cm³/mol. The van der Waals surface area contributed by atoms with Crippen LogP contribution in [0.2, 0.25) is 5.02 Å². The number of nitrogens with zero attached hydrogens (tertiary/aromatic N) is 1. The third kappa shape index (κ3) is 3.80. The number of para-hydroxylation sites is 1. The van der Waals surface area contributed by atoms with Crippen LogP contribution < -0.4 is 10.6 Å². The van der Waals surface area contributed by atoms with Gasteiger partial charge in [0.1, 0.15) is 0 Å². The summed E-state index contributed by atoms with van der Waals surface area (Å²) in [4.78, 5) is 27.4. The van der Waals surface area contributed by atoms with Crippen molar-refractivity contribution < 1.29 is 9.59 Å². The Labute approximate surface area is 121 Å². The molecule has 0 saturated heterocycles. The van der Waals surface area contributed by atoms with E-state index in [9.17, 15) is 9.59 Å². The Hall–Kier alpha value is -2.40. The third-order valence-corrected chi connectivity index (χ3v) is 2.81.